The van der Waals surface area contributed by atoms with Gasteiger partial charge in [-0.2, -0.15) is 0 Å². The Morgan fingerprint density at radius 3 is 2.27 bits per heavy atom. The summed E-state index contributed by atoms with van der Waals surface area (Å²) >= 11 is 0. The van der Waals surface area contributed by atoms with Crippen LogP contribution in [0.2, 0.25) is 0 Å². The molecule has 0 spiro atoms. The summed E-state index contributed by atoms with van der Waals surface area (Å²) in [5.74, 6) is 0. The zero-order chi connectivity index (χ0) is 8.53. The first-order chi connectivity index (χ1) is 5.35. The molecular weight excluding hydrogens is 138 g/mol. The van der Waals surface area contributed by atoms with Crippen LogP contribution >= 0.6 is 0 Å². The molecule has 0 atom stereocenters. The molecule has 0 rings (SSSR count). The molecule has 2 heteroatoms. The number of allylic oxidation sites excluding steroid dienone is 1. The molecule has 0 aromatic rings. The maximum Gasteiger partial charge on any atom is 0.123 e. The molecule has 11 heavy (non-hydrogen) atoms. The van der Waals surface area contributed by atoms with E-state index in [0.717, 1.165) is 25.9 Å². The molecule has 0 bridgehead atoms. The van der Waals surface area contributed by atoms with Crippen molar-refractivity contribution in [1.29, 1.82) is 0 Å². The second-order valence-electron chi connectivity index (χ2n) is 2.36. The van der Waals surface area contributed by atoms with Gasteiger partial charge >= 0.3 is 0 Å². The SMILES string of the molecule is CCN(CC)C/C=C/CC=O. The summed E-state index contributed by atoms with van der Waals surface area (Å²) in [6.07, 6.45) is 5.41. The summed E-state index contributed by atoms with van der Waals surface area (Å²) in [5, 5.41) is 0. The van der Waals surface area contributed by atoms with Crippen LogP contribution in [-0.2, 0) is 4.79 Å². The van der Waals surface area contributed by atoms with Crippen LogP contribution in [0.4, 0.5) is 0 Å². The second-order valence-corrected chi connectivity index (χ2v) is 2.36. The lowest BCUT2D eigenvalue weighted by Gasteiger charge is -2.14. The van der Waals surface area contributed by atoms with Crippen molar-refractivity contribution in [2.24, 2.45) is 0 Å². The van der Waals surface area contributed by atoms with Crippen molar-refractivity contribution in [3.05, 3.63) is 12.2 Å². The first kappa shape index (κ1) is 10.4. The molecule has 0 aromatic carbocycles. The first-order valence-electron chi connectivity index (χ1n) is 4.16. The van der Waals surface area contributed by atoms with E-state index in [9.17, 15) is 4.79 Å². The van der Waals surface area contributed by atoms with E-state index in [1.807, 2.05) is 12.2 Å². The molecule has 0 radical (unpaired) electrons. The van der Waals surface area contributed by atoms with Gasteiger partial charge in [-0.1, -0.05) is 26.0 Å². The molecule has 64 valence electrons. The van der Waals surface area contributed by atoms with Crippen molar-refractivity contribution in [1.82, 2.24) is 4.90 Å². The van der Waals surface area contributed by atoms with Gasteiger partial charge in [-0.05, 0) is 13.1 Å². The Bertz CT molecular complexity index is 117. The molecule has 2 nitrogen and oxygen atoms in total. The van der Waals surface area contributed by atoms with E-state index < -0.39 is 0 Å². The predicted octanol–water partition coefficient (Wildman–Crippen LogP) is 1.47. The van der Waals surface area contributed by atoms with Crippen LogP contribution < -0.4 is 0 Å². The van der Waals surface area contributed by atoms with Gasteiger partial charge in [0.1, 0.15) is 6.29 Å². The third-order valence-electron chi connectivity index (χ3n) is 1.66. The molecule has 0 aromatic heterocycles. The highest BCUT2D eigenvalue weighted by molar-refractivity contribution is 5.51. The summed E-state index contributed by atoms with van der Waals surface area (Å²) in [6, 6.07) is 0. The van der Waals surface area contributed by atoms with Gasteiger partial charge in [0.05, 0.1) is 0 Å². The molecule has 0 aliphatic heterocycles. The summed E-state index contributed by atoms with van der Waals surface area (Å²) in [5.41, 5.74) is 0. The van der Waals surface area contributed by atoms with Crippen molar-refractivity contribution in [2.45, 2.75) is 20.3 Å². The molecule has 0 aliphatic rings. The van der Waals surface area contributed by atoms with Gasteiger partial charge in [-0.3, -0.25) is 0 Å². The van der Waals surface area contributed by atoms with E-state index in [4.69, 9.17) is 0 Å². The van der Waals surface area contributed by atoms with Crippen LogP contribution in [0.1, 0.15) is 20.3 Å². The van der Waals surface area contributed by atoms with E-state index in [0.29, 0.717) is 6.42 Å². The smallest absolute Gasteiger partial charge is 0.123 e. The molecule has 0 amide bonds. The summed E-state index contributed by atoms with van der Waals surface area (Å²) in [7, 11) is 0. The largest absolute Gasteiger partial charge is 0.303 e. The Morgan fingerprint density at radius 1 is 1.18 bits per heavy atom. The van der Waals surface area contributed by atoms with E-state index in [2.05, 4.69) is 18.7 Å². The molecule has 0 N–H and O–H groups in total. The van der Waals surface area contributed by atoms with Gasteiger partial charge in [0.15, 0.2) is 0 Å². The number of rotatable bonds is 6. The van der Waals surface area contributed by atoms with Crippen LogP contribution in [0.15, 0.2) is 12.2 Å². The number of hydrogen-bond donors (Lipinski definition) is 0. The number of carbonyl (C=O) groups is 1. The zero-order valence-electron chi connectivity index (χ0n) is 7.42. The molecule has 0 unspecified atom stereocenters. The maximum atomic E-state index is 9.92. The van der Waals surface area contributed by atoms with Gasteiger partial charge < -0.3 is 9.69 Å². The van der Waals surface area contributed by atoms with Gasteiger partial charge in [0, 0.05) is 13.0 Å². The Hall–Kier alpha value is -0.630. The monoisotopic (exact) mass is 155 g/mol. The van der Waals surface area contributed by atoms with Crippen LogP contribution in [0, 0.1) is 0 Å². The number of nitrogens with zero attached hydrogens (tertiary/aromatic N) is 1. The topological polar surface area (TPSA) is 20.3 Å². The molecular formula is C9H17NO. The lowest BCUT2D eigenvalue weighted by atomic mass is 10.4. The quantitative estimate of drug-likeness (QED) is 0.427. The normalized spacial score (nSPS) is 11.2. The van der Waals surface area contributed by atoms with E-state index in [1.165, 1.54) is 0 Å². The Balaban J connectivity index is 3.40. The van der Waals surface area contributed by atoms with Gasteiger partial charge in [-0.15, -0.1) is 0 Å². The number of carbonyl (C=O) groups excluding carboxylic acids is 1. The fourth-order valence-corrected chi connectivity index (χ4v) is 0.857. The lowest BCUT2D eigenvalue weighted by Crippen LogP contribution is -2.22. The highest BCUT2D eigenvalue weighted by atomic mass is 16.1. The Kier molecular flexibility index (Phi) is 7.05. The van der Waals surface area contributed by atoms with E-state index in [1.54, 1.807) is 0 Å². The van der Waals surface area contributed by atoms with Gasteiger partial charge in [0.2, 0.25) is 0 Å². The average molecular weight is 155 g/mol. The van der Waals surface area contributed by atoms with Crippen molar-refractivity contribution >= 4 is 6.29 Å². The van der Waals surface area contributed by atoms with Crippen LogP contribution in [0.25, 0.3) is 0 Å². The van der Waals surface area contributed by atoms with Crippen molar-refractivity contribution in [3.63, 3.8) is 0 Å². The zero-order valence-corrected chi connectivity index (χ0v) is 7.42. The fourth-order valence-electron chi connectivity index (χ4n) is 0.857. The Labute approximate surface area is 68.9 Å². The third kappa shape index (κ3) is 5.80. The molecule has 0 fully saturated rings. The molecule has 0 aliphatic carbocycles. The summed E-state index contributed by atoms with van der Waals surface area (Å²) < 4.78 is 0. The molecule has 0 saturated heterocycles. The van der Waals surface area contributed by atoms with Crippen LogP contribution in [0.3, 0.4) is 0 Å². The minimum atomic E-state index is 0.543. The number of likely N-dealkylation sites (N-methyl/N-ethyl adjacent to an activating group) is 1. The number of aldehydes is 1. The van der Waals surface area contributed by atoms with E-state index in [-0.39, 0.29) is 0 Å². The third-order valence-corrected chi connectivity index (χ3v) is 1.66. The molecule has 0 heterocycles. The van der Waals surface area contributed by atoms with Crippen LogP contribution in [0.5, 0.6) is 0 Å². The average Bonchev–Trinajstić information content (AvgIpc) is 2.05. The fraction of sp³-hybridized carbons (Fsp3) is 0.667. The highest BCUT2D eigenvalue weighted by Crippen LogP contribution is 1.87. The summed E-state index contributed by atoms with van der Waals surface area (Å²) in [6.45, 7) is 7.37. The standard InChI is InChI=1S/C9H17NO/c1-3-10(4-2)8-6-5-7-9-11/h5-6,9H,3-4,7-8H2,1-2H3/b6-5+. The van der Waals surface area contributed by atoms with E-state index >= 15 is 0 Å². The minimum Gasteiger partial charge on any atom is -0.303 e. The predicted molar refractivity (Wildman–Crippen MR) is 47.6 cm³/mol. The lowest BCUT2D eigenvalue weighted by molar-refractivity contribution is -0.107. The number of hydrogen-bond acceptors (Lipinski definition) is 2. The summed E-state index contributed by atoms with van der Waals surface area (Å²) in [4.78, 5) is 12.2. The Morgan fingerprint density at radius 2 is 1.82 bits per heavy atom. The highest BCUT2D eigenvalue weighted by Gasteiger charge is 1.92. The van der Waals surface area contributed by atoms with Crippen molar-refractivity contribution in [2.75, 3.05) is 19.6 Å². The maximum absolute atomic E-state index is 9.92. The van der Waals surface area contributed by atoms with Crippen molar-refractivity contribution in [3.8, 4) is 0 Å². The van der Waals surface area contributed by atoms with Crippen LogP contribution in [-0.4, -0.2) is 30.8 Å². The van der Waals surface area contributed by atoms with Gasteiger partial charge in [-0.25, -0.2) is 0 Å². The first-order valence-corrected chi connectivity index (χ1v) is 4.16. The second kappa shape index (κ2) is 7.48. The van der Waals surface area contributed by atoms with Gasteiger partial charge in [0.25, 0.3) is 0 Å². The minimum absolute atomic E-state index is 0.543. The van der Waals surface area contributed by atoms with Crippen molar-refractivity contribution < 1.29 is 4.79 Å². The molecule has 0 saturated carbocycles.